The molecule has 6 heteroatoms. The Kier molecular flexibility index (Phi) is 3.42. The summed E-state index contributed by atoms with van der Waals surface area (Å²) in [6, 6.07) is 4.09. The van der Waals surface area contributed by atoms with Gasteiger partial charge in [-0.15, -0.1) is 0 Å². The van der Waals surface area contributed by atoms with Gasteiger partial charge in [0.25, 0.3) is 5.69 Å². The number of hydrogen-bond acceptors (Lipinski definition) is 4. The molecule has 6 nitrogen and oxygen atoms in total. The zero-order chi connectivity index (χ0) is 14.0. The molecule has 0 bridgehead atoms. The molecule has 0 radical (unpaired) electrons. The van der Waals surface area contributed by atoms with Crippen molar-refractivity contribution in [2.75, 3.05) is 11.9 Å². The average molecular weight is 264 g/mol. The highest BCUT2D eigenvalue weighted by atomic mass is 16.6. The molecular weight excluding hydrogens is 248 g/mol. The molecule has 0 unspecified atom stereocenters. The van der Waals surface area contributed by atoms with Gasteiger partial charge >= 0.3 is 5.97 Å². The second kappa shape index (κ2) is 4.87. The number of hydrogen-bond donors (Lipinski definition) is 2. The number of para-hydroxylation sites is 1. The lowest BCUT2D eigenvalue weighted by atomic mass is 10.0. The Balaban J connectivity index is 2.30. The van der Waals surface area contributed by atoms with Gasteiger partial charge in [-0.2, -0.15) is 0 Å². The van der Waals surface area contributed by atoms with Gasteiger partial charge in [-0.25, -0.2) is 4.79 Å². The van der Waals surface area contributed by atoms with Gasteiger partial charge in [0.2, 0.25) is 0 Å². The van der Waals surface area contributed by atoms with E-state index in [-0.39, 0.29) is 22.4 Å². The van der Waals surface area contributed by atoms with E-state index in [9.17, 15) is 14.9 Å². The van der Waals surface area contributed by atoms with Crippen LogP contribution in [0.1, 0.15) is 36.5 Å². The molecule has 0 atom stereocenters. The van der Waals surface area contributed by atoms with Crippen molar-refractivity contribution < 1.29 is 14.8 Å². The number of nitro groups is 1. The molecule has 102 valence electrons. The van der Waals surface area contributed by atoms with Crippen molar-refractivity contribution in [1.29, 1.82) is 0 Å². The summed E-state index contributed by atoms with van der Waals surface area (Å²) in [5.74, 6) is -1.16. The quantitative estimate of drug-likeness (QED) is 0.608. The largest absolute Gasteiger partial charge is 0.478 e. The van der Waals surface area contributed by atoms with Crippen molar-refractivity contribution in [3.63, 3.8) is 0 Å². The molecule has 1 aromatic carbocycles. The molecule has 1 saturated carbocycles. The van der Waals surface area contributed by atoms with Crippen LogP contribution in [0.25, 0.3) is 0 Å². The summed E-state index contributed by atoms with van der Waals surface area (Å²) in [6.45, 7) is 2.65. The van der Waals surface area contributed by atoms with Gasteiger partial charge in [0, 0.05) is 12.6 Å². The Morgan fingerprint density at radius 3 is 2.68 bits per heavy atom. The number of nitro benzene ring substituents is 1. The lowest BCUT2D eigenvalue weighted by Crippen LogP contribution is -2.17. The fraction of sp³-hybridized carbons (Fsp3) is 0.462. The number of rotatable bonds is 6. The lowest BCUT2D eigenvalue weighted by Gasteiger charge is -2.15. The second-order valence-electron chi connectivity index (χ2n) is 4.97. The van der Waals surface area contributed by atoms with Crippen LogP contribution in [0.3, 0.4) is 0 Å². The third-order valence-electron chi connectivity index (χ3n) is 3.82. The molecule has 0 saturated heterocycles. The van der Waals surface area contributed by atoms with Crippen LogP contribution in [0.2, 0.25) is 0 Å². The van der Waals surface area contributed by atoms with Gasteiger partial charge in [0.1, 0.15) is 5.69 Å². The van der Waals surface area contributed by atoms with E-state index in [0.717, 1.165) is 19.3 Å². The van der Waals surface area contributed by atoms with E-state index in [0.29, 0.717) is 6.54 Å². The molecule has 0 aliphatic heterocycles. The Bertz CT molecular complexity index is 491. The van der Waals surface area contributed by atoms with Gasteiger partial charge in [-0.1, -0.05) is 13.0 Å². The SMILES string of the molecule is CCC1(CNc2c(C(=O)O)cccc2[N+](=O)[O-])CC1. The van der Waals surface area contributed by atoms with Crippen LogP contribution in [0.4, 0.5) is 11.4 Å². The molecule has 1 aromatic rings. The van der Waals surface area contributed by atoms with Crippen molar-refractivity contribution in [2.24, 2.45) is 5.41 Å². The number of anilines is 1. The maximum absolute atomic E-state index is 11.1. The topological polar surface area (TPSA) is 92.5 Å². The number of nitrogens with one attached hydrogen (secondary N) is 1. The zero-order valence-corrected chi connectivity index (χ0v) is 10.7. The van der Waals surface area contributed by atoms with Crippen LogP contribution in [0.5, 0.6) is 0 Å². The van der Waals surface area contributed by atoms with Crippen LogP contribution >= 0.6 is 0 Å². The molecule has 1 aliphatic rings. The van der Waals surface area contributed by atoms with Crippen LogP contribution in [-0.4, -0.2) is 22.5 Å². The predicted molar refractivity (Wildman–Crippen MR) is 70.5 cm³/mol. The van der Waals surface area contributed by atoms with Gasteiger partial charge in [-0.3, -0.25) is 10.1 Å². The summed E-state index contributed by atoms with van der Waals surface area (Å²) in [5, 5.41) is 23.1. The van der Waals surface area contributed by atoms with Crippen molar-refractivity contribution in [2.45, 2.75) is 26.2 Å². The van der Waals surface area contributed by atoms with E-state index in [1.54, 1.807) is 0 Å². The molecule has 0 aromatic heterocycles. The average Bonchev–Trinajstić information content (AvgIpc) is 3.16. The van der Waals surface area contributed by atoms with Gasteiger partial charge in [-0.05, 0) is 30.7 Å². The normalized spacial score (nSPS) is 15.8. The monoisotopic (exact) mass is 264 g/mol. The third-order valence-corrected chi connectivity index (χ3v) is 3.82. The van der Waals surface area contributed by atoms with Gasteiger partial charge < -0.3 is 10.4 Å². The number of nitrogens with zero attached hydrogens (tertiary/aromatic N) is 1. The van der Waals surface area contributed by atoms with Crippen molar-refractivity contribution in [1.82, 2.24) is 0 Å². The highest BCUT2D eigenvalue weighted by molar-refractivity contribution is 5.96. The molecular formula is C13H16N2O4. The maximum Gasteiger partial charge on any atom is 0.338 e. The van der Waals surface area contributed by atoms with E-state index < -0.39 is 10.9 Å². The van der Waals surface area contributed by atoms with E-state index in [4.69, 9.17) is 5.11 Å². The summed E-state index contributed by atoms with van der Waals surface area (Å²) in [7, 11) is 0. The van der Waals surface area contributed by atoms with Crippen LogP contribution in [0.15, 0.2) is 18.2 Å². The number of aromatic carboxylic acids is 1. The number of carbonyl (C=O) groups is 1. The first-order valence-corrected chi connectivity index (χ1v) is 6.24. The van der Waals surface area contributed by atoms with E-state index in [1.165, 1.54) is 18.2 Å². The Morgan fingerprint density at radius 1 is 1.53 bits per heavy atom. The minimum Gasteiger partial charge on any atom is -0.478 e. The molecule has 19 heavy (non-hydrogen) atoms. The Hall–Kier alpha value is -2.11. The Morgan fingerprint density at radius 2 is 2.21 bits per heavy atom. The van der Waals surface area contributed by atoms with Crippen molar-refractivity contribution in [3.05, 3.63) is 33.9 Å². The number of carboxylic acids is 1. The first-order valence-electron chi connectivity index (χ1n) is 6.24. The maximum atomic E-state index is 11.1. The van der Waals surface area contributed by atoms with Crippen LogP contribution in [0, 0.1) is 15.5 Å². The Labute approximate surface area is 110 Å². The molecule has 1 aliphatic carbocycles. The van der Waals surface area contributed by atoms with Crippen molar-refractivity contribution in [3.8, 4) is 0 Å². The van der Waals surface area contributed by atoms with Gasteiger partial charge in [0.05, 0.1) is 10.5 Å². The van der Waals surface area contributed by atoms with E-state index >= 15 is 0 Å². The zero-order valence-electron chi connectivity index (χ0n) is 10.7. The molecule has 1 fully saturated rings. The number of benzene rings is 1. The summed E-state index contributed by atoms with van der Waals surface area (Å²) in [4.78, 5) is 21.6. The molecule has 0 amide bonds. The first kappa shape index (κ1) is 13.3. The molecule has 2 rings (SSSR count). The summed E-state index contributed by atoms with van der Waals surface area (Å²) in [6.07, 6.45) is 3.15. The van der Waals surface area contributed by atoms with Gasteiger partial charge in [0.15, 0.2) is 0 Å². The fourth-order valence-electron chi connectivity index (χ4n) is 2.16. The van der Waals surface area contributed by atoms with Crippen molar-refractivity contribution >= 4 is 17.3 Å². The molecule has 2 N–H and O–H groups in total. The molecule has 0 spiro atoms. The fourth-order valence-corrected chi connectivity index (χ4v) is 2.16. The van der Waals surface area contributed by atoms with Crippen LogP contribution in [-0.2, 0) is 0 Å². The van der Waals surface area contributed by atoms with Crippen LogP contribution < -0.4 is 5.32 Å². The summed E-state index contributed by atoms with van der Waals surface area (Å²) in [5.41, 5.74) is 0.0482. The standard InChI is InChI=1S/C13H16N2O4/c1-2-13(6-7-13)8-14-11-9(12(16)17)4-3-5-10(11)15(18)19/h3-5,14H,2,6-8H2,1H3,(H,16,17). The third kappa shape index (κ3) is 2.67. The van der Waals surface area contributed by atoms with E-state index in [2.05, 4.69) is 12.2 Å². The minimum atomic E-state index is -1.16. The first-order chi connectivity index (χ1) is 8.99. The molecule has 0 heterocycles. The minimum absolute atomic E-state index is 0.0545. The second-order valence-corrected chi connectivity index (χ2v) is 4.97. The lowest BCUT2D eigenvalue weighted by molar-refractivity contribution is -0.384. The highest BCUT2D eigenvalue weighted by Crippen LogP contribution is 2.48. The van der Waals surface area contributed by atoms with E-state index in [1.807, 2.05) is 0 Å². The smallest absolute Gasteiger partial charge is 0.338 e. The predicted octanol–water partition coefficient (Wildman–Crippen LogP) is 2.90. The number of carboxylic acid groups (broad SMARTS) is 1. The summed E-state index contributed by atoms with van der Waals surface area (Å²) >= 11 is 0. The highest BCUT2D eigenvalue weighted by Gasteiger charge is 2.40. The summed E-state index contributed by atoms with van der Waals surface area (Å²) < 4.78 is 0.